The average molecular weight is 637 g/mol. The van der Waals surface area contributed by atoms with E-state index in [4.69, 9.17) is 5.73 Å². The van der Waals surface area contributed by atoms with Gasteiger partial charge >= 0.3 is 5.97 Å². The van der Waals surface area contributed by atoms with Gasteiger partial charge in [0.25, 0.3) is 0 Å². The van der Waals surface area contributed by atoms with E-state index in [1.807, 2.05) is 24.3 Å². The number of benzene rings is 2. The van der Waals surface area contributed by atoms with Gasteiger partial charge in [0.1, 0.15) is 24.2 Å². The van der Waals surface area contributed by atoms with E-state index in [9.17, 15) is 33.9 Å². The number of nitrogens with two attached hydrogens (primary N) is 1. The van der Waals surface area contributed by atoms with Crippen molar-refractivity contribution in [1.29, 1.82) is 0 Å². The van der Waals surface area contributed by atoms with E-state index in [2.05, 4.69) is 33.6 Å². The summed E-state index contributed by atoms with van der Waals surface area (Å²) >= 11 is 4.49. The number of H-pyrrole nitrogens is 1. The van der Waals surface area contributed by atoms with Crippen LogP contribution >= 0.6 is 12.6 Å². The second kappa shape index (κ2) is 14.8. The molecule has 4 rings (SSSR count). The number of hydrogen-bond acceptors (Lipinski definition) is 7. The lowest BCUT2D eigenvalue weighted by Gasteiger charge is -2.29. The first-order valence-corrected chi connectivity index (χ1v) is 14.9. The highest BCUT2D eigenvalue weighted by atomic mass is 32.1. The summed E-state index contributed by atoms with van der Waals surface area (Å²) in [6.45, 7) is 1.37. The number of likely N-dealkylation sites (tertiary alicyclic amines) is 1. The molecule has 0 aliphatic carbocycles. The number of aromatic amines is 1. The highest BCUT2D eigenvalue weighted by molar-refractivity contribution is 7.81. The number of aliphatic carboxylic acids is 1. The van der Waals surface area contributed by atoms with E-state index in [1.54, 1.807) is 36.5 Å². The normalized spacial score (nSPS) is 18.0. The van der Waals surface area contributed by atoms with Crippen molar-refractivity contribution in [3.63, 3.8) is 0 Å². The minimum Gasteiger partial charge on any atom is -0.481 e. The Labute approximate surface area is 264 Å². The first-order valence-electron chi connectivity index (χ1n) is 14.4. The fourth-order valence-electron chi connectivity index (χ4n) is 5.47. The van der Waals surface area contributed by atoms with Gasteiger partial charge in [-0.25, -0.2) is 0 Å². The molecule has 1 saturated heterocycles. The number of rotatable bonds is 13. The molecule has 1 aliphatic heterocycles. The Kier molecular flexibility index (Phi) is 10.8. The largest absolute Gasteiger partial charge is 0.481 e. The summed E-state index contributed by atoms with van der Waals surface area (Å²) in [5.74, 6) is -4.85. The Morgan fingerprint density at radius 1 is 0.956 bits per heavy atom. The number of fused-ring (bicyclic) bond motifs is 1. The third-order valence-corrected chi connectivity index (χ3v) is 7.97. The molecule has 0 spiro atoms. The molecule has 1 fully saturated rings. The fraction of sp³-hybridized carbons (Fsp3) is 0.355. The third-order valence-electron chi connectivity index (χ3n) is 7.59. The number of thiol groups is 1. The number of carbonyl (C=O) groups excluding carboxylic acids is 5. The second-order valence-corrected chi connectivity index (χ2v) is 11.8. The lowest BCUT2D eigenvalue weighted by atomic mass is 10.0. The van der Waals surface area contributed by atoms with Crippen molar-refractivity contribution in [3.8, 4) is 0 Å². The Bertz CT molecular complexity index is 1580. The second-order valence-electron chi connectivity index (χ2n) is 11.0. The predicted octanol–water partition coefficient (Wildman–Crippen LogP) is 0.287. The van der Waals surface area contributed by atoms with Crippen molar-refractivity contribution < 1.29 is 33.9 Å². The molecular weight excluding hydrogens is 600 g/mol. The number of nitrogens with zero attached hydrogens (tertiary/aromatic N) is 1. The first kappa shape index (κ1) is 33.1. The van der Waals surface area contributed by atoms with E-state index in [0.29, 0.717) is 5.56 Å². The molecule has 2 heterocycles. The lowest BCUT2D eigenvalue weighted by Crippen LogP contribution is -2.58. The van der Waals surface area contributed by atoms with E-state index < -0.39 is 71.3 Å². The minimum absolute atomic E-state index is 0.0584. The van der Waals surface area contributed by atoms with Gasteiger partial charge in [0.05, 0.1) is 6.42 Å². The van der Waals surface area contributed by atoms with Crippen LogP contribution < -0.4 is 21.7 Å². The van der Waals surface area contributed by atoms with Crippen molar-refractivity contribution >= 4 is 59.0 Å². The summed E-state index contributed by atoms with van der Waals surface area (Å²) in [4.78, 5) is 80.9. The van der Waals surface area contributed by atoms with E-state index in [-0.39, 0.29) is 25.8 Å². The van der Waals surface area contributed by atoms with Crippen molar-refractivity contribution in [3.05, 3.63) is 71.9 Å². The van der Waals surface area contributed by atoms with Gasteiger partial charge in [-0.3, -0.25) is 28.8 Å². The standard InChI is InChI=1S/C31H36N6O7S/c1-17(38)34-25(12-19-15-33-22-10-6-5-9-21(19)22)31(44)37-16-20(45)13-26(37)30(43)36-24(14-27(39)40)29(42)35-23(28(32)41)11-18-7-3-2-4-8-18/h2-10,15,20,23-26,33,45H,11-14,16H2,1H3,(H2,32,41)(H,34,38)(H,35,42)(H,36,43)(H,39,40)/t20-,23-,24-,25-,26-/m0/s1. The van der Waals surface area contributed by atoms with Crippen LogP contribution in [0.15, 0.2) is 60.8 Å². The van der Waals surface area contributed by atoms with E-state index in [0.717, 1.165) is 16.5 Å². The van der Waals surface area contributed by atoms with Crippen LogP contribution in [-0.4, -0.2) is 86.5 Å². The van der Waals surface area contributed by atoms with Crippen LogP contribution in [0.5, 0.6) is 0 Å². The molecule has 1 aromatic heterocycles. The summed E-state index contributed by atoms with van der Waals surface area (Å²) in [5, 5.41) is 17.6. The predicted molar refractivity (Wildman–Crippen MR) is 168 cm³/mol. The minimum atomic E-state index is -1.57. The maximum Gasteiger partial charge on any atom is 0.305 e. The van der Waals surface area contributed by atoms with Crippen molar-refractivity contribution in [2.75, 3.05) is 6.54 Å². The Morgan fingerprint density at radius 3 is 2.31 bits per heavy atom. The number of carboxylic acid groups (broad SMARTS) is 1. The van der Waals surface area contributed by atoms with Gasteiger partial charge in [0.2, 0.25) is 29.5 Å². The van der Waals surface area contributed by atoms with Crippen LogP contribution in [-0.2, 0) is 41.6 Å². The quantitative estimate of drug-likeness (QED) is 0.131. The van der Waals surface area contributed by atoms with Gasteiger partial charge in [-0.1, -0.05) is 48.5 Å². The Morgan fingerprint density at radius 2 is 1.64 bits per heavy atom. The lowest BCUT2D eigenvalue weighted by molar-refractivity contribution is -0.144. The van der Waals surface area contributed by atoms with Crippen LogP contribution in [0, 0.1) is 0 Å². The van der Waals surface area contributed by atoms with Gasteiger partial charge in [0, 0.05) is 48.7 Å². The van der Waals surface area contributed by atoms with E-state index >= 15 is 0 Å². The van der Waals surface area contributed by atoms with Gasteiger partial charge in [-0.2, -0.15) is 12.6 Å². The summed E-state index contributed by atoms with van der Waals surface area (Å²) in [7, 11) is 0. The molecule has 13 nitrogen and oxygen atoms in total. The molecule has 7 N–H and O–H groups in total. The maximum atomic E-state index is 13.9. The molecule has 2 aromatic carbocycles. The SMILES string of the molecule is CC(=O)N[C@@H](Cc1c[nH]c2ccccc12)C(=O)N1C[C@@H](S)C[C@H]1C(=O)N[C@@H](CC(=O)O)C(=O)N[C@@H](Cc1ccccc1)C(N)=O. The van der Waals surface area contributed by atoms with Crippen molar-refractivity contribution in [1.82, 2.24) is 25.8 Å². The zero-order chi connectivity index (χ0) is 32.7. The molecule has 45 heavy (non-hydrogen) atoms. The number of para-hydroxylation sites is 1. The van der Waals surface area contributed by atoms with Gasteiger partial charge in [-0.05, 0) is 23.6 Å². The zero-order valence-corrected chi connectivity index (χ0v) is 25.5. The molecule has 3 aromatic rings. The number of primary amides is 1. The summed E-state index contributed by atoms with van der Waals surface area (Å²) < 4.78 is 0. The Balaban J connectivity index is 1.51. The molecule has 0 saturated carbocycles. The first-order chi connectivity index (χ1) is 21.4. The molecule has 0 radical (unpaired) electrons. The molecular formula is C31H36N6O7S. The van der Waals surface area contributed by atoms with E-state index in [1.165, 1.54) is 11.8 Å². The highest BCUT2D eigenvalue weighted by Gasteiger charge is 2.42. The molecule has 1 aliphatic rings. The number of carbonyl (C=O) groups is 6. The molecule has 0 unspecified atom stereocenters. The highest BCUT2D eigenvalue weighted by Crippen LogP contribution is 2.25. The number of aromatic nitrogens is 1. The summed E-state index contributed by atoms with van der Waals surface area (Å²) in [5.41, 5.74) is 7.86. The summed E-state index contributed by atoms with van der Waals surface area (Å²) in [6.07, 6.45) is 1.30. The van der Waals surface area contributed by atoms with Crippen LogP contribution in [0.25, 0.3) is 10.9 Å². The third kappa shape index (κ3) is 8.62. The van der Waals surface area contributed by atoms with Crippen LogP contribution in [0.2, 0.25) is 0 Å². The molecule has 14 heteroatoms. The topological polar surface area (TPSA) is 204 Å². The number of nitrogens with one attached hydrogen (secondary N) is 4. The molecule has 238 valence electrons. The molecule has 0 bridgehead atoms. The number of carboxylic acids is 1. The zero-order valence-electron chi connectivity index (χ0n) is 24.6. The van der Waals surface area contributed by atoms with Crippen molar-refractivity contribution in [2.45, 2.75) is 62.0 Å². The summed E-state index contributed by atoms with van der Waals surface area (Å²) in [6, 6.07) is 11.4. The fourth-order valence-corrected chi connectivity index (χ4v) is 5.84. The monoisotopic (exact) mass is 636 g/mol. The van der Waals surface area contributed by atoms with Crippen LogP contribution in [0.4, 0.5) is 0 Å². The van der Waals surface area contributed by atoms with Gasteiger partial charge in [-0.15, -0.1) is 0 Å². The van der Waals surface area contributed by atoms with Gasteiger partial charge < -0.3 is 36.7 Å². The van der Waals surface area contributed by atoms with Crippen LogP contribution in [0.3, 0.4) is 0 Å². The van der Waals surface area contributed by atoms with Crippen LogP contribution in [0.1, 0.15) is 30.9 Å². The number of amides is 5. The van der Waals surface area contributed by atoms with Crippen molar-refractivity contribution in [2.24, 2.45) is 5.73 Å². The van der Waals surface area contributed by atoms with Gasteiger partial charge in [0.15, 0.2) is 0 Å². The average Bonchev–Trinajstić information content (AvgIpc) is 3.59. The smallest absolute Gasteiger partial charge is 0.305 e. The number of hydrogen-bond donors (Lipinski definition) is 7. The Hall–Kier alpha value is -4.85. The molecule has 5 amide bonds. The molecule has 5 atom stereocenters. The maximum absolute atomic E-state index is 13.9.